The average Bonchev–Trinajstić information content (AvgIpc) is 3.13. The number of aromatic nitrogens is 1. The molecule has 1 aromatic heterocycles. The topological polar surface area (TPSA) is 76.3 Å². The number of hydrogen-bond acceptors (Lipinski definition) is 4. The maximum atomic E-state index is 12.1. The molecular weight excluding hydrogens is 238 g/mol. The average molecular weight is 255 g/mol. The van der Waals surface area contributed by atoms with Crippen molar-refractivity contribution in [2.24, 2.45) is 11.7 Å². The molecular formula is C11H17N3O2S. The summed E-state index contributed by atoms with van der Waals surface area (Å²) in [5.41, 5.74) is 6.11. The van der Waals surface area contributed by atoms with Gasteiger partial charge in [0.15, 0.2) is 0 Å². The summed E-state index contributed by atoms with van der Waals surface area (Å²) in [5.74, 6) is 0.533. The van der Waals surface area contributed by atoms with Crippen molar-refractivity contribution < 1.29 is 8.42 Å². The van der Waals surface area contributed by atoms with Gasteiger partial charge in [0.2, 0.25) is 10.0 Å². The van der Waals surface area contributed by atoms with Gasteiger partial charge in [-0.15, -0.1) is 0 Å². The maximum Gasteiger partial charge on any atom is 0.244 e. The third-order valence-corrected chi connectivity index (χ3v) is 4.73. The molecule has 17 heavy (non-hydrogen) atoms. The molecule has 0 amide bonds. The van der Waals surface area contributed by atoms with Crippen LogP contribution in [-0.4, -0.2) is 31.3 Å². The Balaban J connectivity index is 2.17. The van der Waals surface area contributed by atoms with Crippen molar-refractivity contribution in [3.8, 4) is 0 Å². The molecule has 1 saturated carbocycles. The predicted molar refractivity (Wildman–Crippen MR) is 64.7 cm³/mol. The first-order valence-electron chi connectivity index (χ1n) is 5.65. The summed E-state index contributed by atoms with van der Waals surface area (Å²) >= 11 is 0. The minimum atomic E-state index is -3.39. The Morgan fingerprint density at radius 3 is 2.65 bits per heavy atom. The third kappa shape index (κ3) is 2.83. The minimum absolute atomic E-state index is 0.234. The van der Waals surface area contributed by atoms with E-state index >= 15 is 0 Å². The number of nitrogens with zero attached hydrogens (tertiary/aromatic N) is 2. The molecule has 1 heterocycles. The van der Waals surface area contributed by atoms with Crippen molar-refractivity contribution in [2.45, 2.75) is 24.3 Å². The molecule has 2 N–H and O–H groups in total. The first-order chi connectivity index (χ1) is 8.04. The van der Waals surface area contributed by atoms with Gasteiger partial charge >= 0.3 is 0 Å². The largest absolute Gasteiger partial charge is 0.325 e. The van der Waals surface area contributed by atoms with Crippen molar-refractivity contribution in [2.75, 3.05) is 13.6 Å². The molecule has 0 atom stereocenters. The standard InChI is InChI=1S/C11H17N3O2S/c1-14(8-9-2-3-9)17(15,16)11-5-4-10(6-12)13-7-11/h4-5,7,9H,2-3,6,8,12H2,1H3. The summed E-state index contributed by atoms with van der Waals surface area (Å²) in [6, 6.07) is 3.21. The Labute approximate surface area is 102 Å². The molecule has 1 aliphatic carbocycles. The van der Waals surface area contributed by atoms with Crippen LogP contribution in [0.3, 0.4) is 0 Å². The second-order valence-electron chi connectivity index (χ2n) is 4.42. The first kappa shape index (κ1) is 12.5. The SMILES string of the molecule is CN(CC1CC1)S(=O)(=O)c1ccc(CN)nc1. The van der Waals surface area contributed by atoms with Crippen LogP contribution in [0.2, 0.25) is 0 Å². The zero-order valence-electron chi connectivity index (χ0n) is 9.83. The van der Waals surface area contributed by atoms with E-state index in [0.717, 1.165) is 12.8 Å². The van der Waals surface area contributed by atoms with Crippen molar-refractivity contribution >= 4 is 10.0 Å². The van der Waals surface area contributed by atoms with Crippen molar-refractivity contribution in [3.63, 3.8) is 0 Å². The van der Waals surface area contributed by atoms with Crippen LogP contribution in [0.15, 0.2) is 23.2 Å². The quantitative estimate of drug-likeness (QED) is 0.834. The van der Waals surface area contributed by atoms with Crippen LogP contribution in [0.4, 0.5) is 0 Å². The fraction of sp³-hybridized carbons (Fsp3) is 0.545. The van der Waals surface area contributed by atoms with Crippen LogP contribution in [0.1, 0.15) is 18.5 Å². The van der Waals surface area contributed by atoms with Crippen molar-refractivity contribution in [3.05, 3.63) is 24.0 Å². The van der Waals surface area contributed by atoms with Crippen LogP contribution in [0, 0.1) is 5.92 Å². The Morgan fingerprint density at radius 1 is 1.47 bits per heavy atom. The highest BCUT2D eigenvalue weighted by atomic mass is 32.2. The van der Waals surface area contributed by atoms with Gasteiger partial charge in [-0.05, 0) is 30.9 Å². The van der Waals surface area contributed by atoms with E-state index in [2.05, 4.69) is 4.98 Å². The van der Waals surface area contributed by atoms with Gasteiger partial charge in [-0.25, -0.2) is 12.7 Å². The monoisotopic (exact) mass is 255 g/mol. The van der Waals surface area contributed by atoms with E-state index in [1.165, 1.54) is 10.5 Å². The van der Waals surface area contributed by atoms with E-state index in [-0.39, 0.29) is 4.90 Å². The van der Waals surface area contributed by atoms with Crippen LogP contribution in [0.5, 0.6) is 0 Å². The van der Waals surface area contributed by atoms with Gasteiger partial charge in [0.1, 0.15) is 4.90 Å². The molecule has 5 nitrogen and oxygen atoms in total. The normalized spacial score (nSPS) is 16.4. The van der Waals surface area contributed by atoms with E-state index in [1.54, 1.807) is 19.2 Å². The molecule has 0 bridgehead atoms. The third-order valence-electron chi connectivity index (χ3n) is 2.93. The van der Waals surface area contributed by atoms with Gasteiger partial charge < -0.3 is 5.73 Å². The van der Waals surface area contributed by atoms with E-state index in [9.17, 15) is 8.42 Å². The van der Waals surface area contributed by atoms with Crippen molar-refractivity contribution in [1.29, 1.82) is 0 Å². The Bertz CT molecular complexity index is 480. The van der Waals surface area contributed by atoms with E-state index in [4.69, 9.17) is 5.73 Å². The molecule has 2 rings (SSSR count). The van der Waals surface area contributed by atoms with Crippen LogP contribution in [-0.2, 0) is 16.6 Å². The fourth-order valence-corrected chi connectivity index (χ4v) is 2.82. The zero-order valence-corrected chi connectivity index (χ0v) is 10.7. The van der Waals surface area contributed by atoms with Gasteiger partial charge in [-0.2, -0.15) is 0 Å². The number of pyridine rings is 1. The maximum absolute atomic E-state index is 12.1. The van der Waals surface area contributed by atoms with Gasteiger partial charge in [0.05, 0.1) is 5.69 Å². The lowest BCUT2D eigenvalue weighted by molar-refractivity contribution is 0.452. The number of sulfonamides is 1. The molecule has 1 aliphatic rings. The van der Waals surface area contributed by atoms with Crippen LogP contribution in [0.25, 0.3) is 0 Å². The first-order valence-corrected chi connectivity index (χ1v) is 7.09. The van der Waals surface area contributed by atoms with E-state index < -0.39 is 10.0 Å². The van der Waals surface area contributed by atoms with E-state index in [1.807, 2.05) is 0 Å². The molecule has 0 unspecified atom stereocenters. The molecule has 0 radical (unpaired) electrons. The lowest BCUT2D eigenvalue weighted by Crippen LogP contribution is -2.29. The van der Waals surface area contributed by atoms with Gasteiger partial charge in [-0.3, -0.25) is 4.98 Å². The molecule has 1 fully saturated rings. The molecule has 0 spiro atoms. The molecule has 0 aromatic carbocycles. The summed E-state index contributed by atoms with van der Waals surface area (Å²) in [6.45, 7) is 0.916. The Morgan fingerprint density at radius 2 is 2.18 bits per heavy atom. The van der Waals surface area contributed by atoms with Gasteiger partial charge in [0, 0.05) is 26.3 Å². The minimum Gasteiger partial charge on any atom is -0.325 e. The molecule has 1 aromatic rings. The number of rotatable bonds is 5. The molecule has 0 saturated heterocycles. The second-order valence-corrected chi connectivity index (χ2v) is 6.46. The van der Waals surface area contributed by atoms with Crippen molar-refractivity contribution in [1.82, 2.24) is 9.29 Å². The highest BCUT2D eigenvalue weighted by molar-refractivity contribution is 7.89. The number of hydrogen-bond donors (Lipinski definition) is 1. The fourth-order valence-electron chi connectivity index (χ4n) is 1.63. The smallest absolute Gasteiger partial charge is 0.244 e. The highest BCUT2D eigenvalue weighted by Crippen LogP contribution is 2.30. The van der Waals surface area contributed by atoms with E-state index in [0.29, 0.717) is 24.7 Å². The van der Waals surface area contributed by atoms with Gasteiger partial charge in [-0.1, -0.05) is 0 Å². The zero-order chi connectivity index (χ0) is 12.5. The van der Waals surface area contributed by atoms with Gasteiger partial charge in [0.25, 0.3) is 0 Å². The summed E-state index contributed by atoms with van der Waals surface area (Å²) in [5, 5.41) is 0. The predicted octanol–water partition coefficient (Wildman–Crippen LogP) is 0.571. The molecule has 6 heteroatoms. The molecule has 0 aliphatic heterocycles. The molecule has 94 valence electrons. The summed E-state index contributed by atoms with van der Waals surface area (Å²) < 4.78 is 25.7. The second kappa shape index (κ2) is 4.72. The summed E-state index contributed by atoms with van der Waals surface area (Å²) in [7, 11) is -1.77. The Hall–Kier alpha value is -0.980. The highest BCUT2D eigenvalue weighted by Gasteiger charge is 2.29. The van der Waals surface area contributed by atoms with Crippen LogP contribution >= 0.6 is 0 Å². The number of nitrogens with two attached hydrogens (primary N) is 1. The van der Waals surface area contributed by atoms with Crippen LogP contribution < -0.4 is 5.73 Å². The summed E-state index contributed by atoms with van der Waals surface area (Å²) in [4.78, 5) is 4.24. The Kier molecular flexibility index (Phi) is 3.46. The lowest BCUT2D eigenvalue weighted by atomic mass is 10.4. The lowest BCUT2D eigenvalue weighted by Gasteiger charge is -2.16. The summed E-state index contributed by atoms with van der Waals surface area (Å²) in [6.07, 6.45) is 3.63.